The Hall–Kier alpha value is -3.67. The first-order valence-corrected chi connectivity index (χ1v) is 10.8. The minimum Gasteiger partial charge on any atom is -0.422 e. The van der Waals surface area contributed by atoms with Crippen LogP contribution in [-0.2, 0) is 0 Å². The first-order chi connectivity index (χ1) is 15.9. The number of nitrogens with zero attached hydrogens (tertiary/aromatic N) is 1. The van der Waals surface area contributed by atoms with E-state index < -0.39 is 5.97 Å². The molecule has 0 saturated heterocycles. The monoisotopic (exact) mass is 476 g/mol. The Bertz CT molecular complexity index is 1400. The summed E-state index contributed by atoms with van der Waals surface area (Å²) in [5, 5.41) is 6.45. The second-order valence-corrected chi connectivity index (χ2v) is 8.07. The van der Waals surface area contributed by atoms with Crippen LogP contribution in [0.5, 0.6) is 5.75 Å². The van der Waals surface area contributed by atoms with Gasteiger partial charge in [0, 0.05) is 16.1 Å². The van der Waals surface area contributed by atoms with Crippen molar-refractivity contribution in [2.75, 3.05) is 0 Å². The summed E-state index contributed by atoms with van der Waals surface area (Å²) in [5.41, 5.74) is 4.62. The number of hydrogen-bond donors (Lipinski definition) is 1. The highest BCUT2D eigenvalue weighted by Crippen LogP contribution is 2.29. The van der Waals surface area contributed by atoms with Crippen molar-refractivity contribution in [1.29, 1.82) is 0 Å². The maximum absolute atomic E-state index is 12.8. The Morgan fingerprint density at radius 3 is 2.45 bits per heavy atom. The molecule has 5 nitrogen and oxygen atoms in total. The molecule has 0 aromatic heterocycles. The molecule has 1 amide bonds. The smallest absolute Gasteiger partial charge is 0.345 e. The Kier molecular flexibility index (Phi) is 6.73. The third-order valence-electron chi connectivity index (χ3n) is 5.03. The average Bonchev–Trinajstić information content (AvgIpc) is 2.80. The molecule has 0 saturated carbocycles. The molecule has 7 heteroatoms. The second kappa shape index (κ2) is 9.86. The lowest BCUT2D eigenvalue weighted by molar-refractivity contribution is 0.0734. The first-order valence-electron chi connectivity index (χ1n) is 10.0. The molecule has 1 N–H and O–H groups in total. The van der Waals surface area contributed by atoms with Gasteiger partial charge in [0.2, 0.25) is 0 Å². The van der Waals surface area contributed by atoms with Crippen LogP contribution in [0.3, 0.4) is 0 Å². The average molecular weight is 477 g/mol. The molecule has 4 aromatic rings. The molecule has 33 heavy (non-hydrogen) atoms. The number of aryl methyl sites for hydroxylation is 1. The minimum absolute atomic E-state index is 0.185. The summed E-state index contributed by atoms with van der Waals surface area (Å²) in [6.45, 7) is 1.85. The summed E-state index contributed by atoms with van der Waals surface area (Å²) in [6.07, 6.45) is 1.46. The molecule has 0 radical (unpaired) electrons. The number of hydrogen-bond acceptors (Lipinski definition) is 4. The van der Waals surface area contributed by atoms with Crippen LogP contribution in [0.1, 0.15) is 31.8 Å². The molecule has 0 aliphatic carbocycles. The predicted octanol–water partition coefficient (Wildman–Crippen LogP) is 6.44. The fourth-order valence-corrected chi connectivity index (χ4v) is 3.84. The van der Waals surface area contributed by atoms with Crippen LogP contribution < -0.4 is 10.2 Å². The molecule has 0 fully saturated rings. The van der Waals surface area contributed by atoms with Gasteiger partial charge in [0.25, 0.3) is 5.91 Å². The Morgan fingerprint density at radius 1 is 0.909 bits per heavy atom. The van der Waals surface area contributed by atoms with Crippen molar-refractivity contribution in [2.24, 2.45) is 5.10 Å². The van der Waals surface area contributed by atoms with Gasteiger partial charge in [-0.05, 0) is 53.6 Å². The number of fused-ring (bicyclic) bond motifs is 1. The van der Waals surface area contributed by atoms with Crippen LogP contribution >= 0.6 is 23.2 Å². The van der Waals surface area contributed by atoms with E-state index in [0.717, 1.165) is 16.3 Å². The van der Waals surface area contributed by atoms with Gasteiger partial charge in [0.05, 0.1) is 16.8 Å². The zero-order valence-corrected chi connectivity index (χ0v) is 19.0. The number of amides is 1. The van der Waals surface area contributed by atoms with Crippen molar-refractivity contribution >= 4 is 52.1 Å². The lowest BCUT2D eigenvalue weighted by atomic mass is 10.0. The van der Waals surface area contributed by atoms with E-state index in [-0.39, 0.29) is 22.2 Å². The summed E-state index contributed by atoms with van der Waals surface area (Å²) >= 11 is 12.1. The van der Waals surface area contributed by atoms with Crippen LogP contribution in [0, 0.1) is 6.92 Å². The van der Waals surface area contributed by atoms with Gasteiger partial charge in [-0.1, -0.05) is 71.7 Å². The van der Waals surface area contributed by atoms with E-state index in [1.54, 1.807) is 24.3 Å². The number of benzene rings is 4. The van der Waals surface area contributed by atoms with Crippen molar-refractivity contribution < 1.29 is 14.3 Å². The van der Waals surface area contributed by atoms with Crippen molar-refractivity contribution in [2.45, 2.75) is 6.92 Å². The Balaban J connectivity index is 1.65. The van der Waals surface area contributed by atoms with E-state index >= 15 is 0 Å². The van der Waals surface area contributed by atoms with Crippen molar-refractivity contribution in [3.8, 4) is 5.75 Å². The van der Waals surface area contributed by atoms with Crippen LogP contribution in [0.25, 0.3) is 10.8 Å². The number of esters is 1. The largest absolute Gasteiger partial charge is 0.422 e. The molecule has 164 valence electrons. The summed E-state index contributed by atoms with van der Waals surface area (Å²) in [4.78, 5) is 25.3. The SMILES string of the molecule is Cc1ccccc1C(=O)N/N=C\c1c(OC(=O)c2ccc(Cl)cc2Cl)ccc2ccccc12. The van der Waals surface area contributed by atoms with Crippen molar-refractivity contribution in [3.05, 3.63) is 111 Å². The molecular formula is C26H18Cl2N2O3. The maximum atomic E-state index is 12.8. The van der Waals surface area contributed by atoms with E-state index in [0.29, 0.717) is 16.1 Å². The summed E-state index contributed by atoms with van der Waals surface area (Å²) in [5.74, 6) is -0.694. The van der Waals surface area contributed by atoms with Gasteiger partial charge in [-0.2, -0.15) is 5.10 Å². The van der Waals surface area contributed by atoms with E-state index in [4.69, 9.17) is 27.9 Å². The van der Waals surface area contributed by atoms with Gasteiger partial charge in [-0.3, -0.25) is 4.79 Å². The number of hydrazone groups is 1. The standard InChI is InChI=1S/C26H18Cl2N2O3/c1-16-6-2-4-8-19(16)25(31)30-29-15-22-20-9-5-3-7-17(20)10-13-24(22)33-26(32)21-12-11-18(27)14-23(21)28/h2-15H,1H3,(H,30,31)/b29-15-. The summed E-state index contributed by atoms with van der Waals surface area (Å²) in [6, 6.07) is 22.9. The number of carbonyl (C=O) groups is 2. The van der Waals surface area contributed by atoms with Gasteiger partial charge in [0.15, 0.2) is 0 Å². The fourth-order valence-electron chi connectivity index (χ4n) is 3.35. The molecule has 4 rings (SSSR count). The third kappa shape index (κ3) is 5.06. The predicted molar refractivity (Wildman–Crippen MR) is 132 cm³/mol. The fraction of sp³-hybridized carbons (Fsp3) is 0.0385. The van der Waals surface area contributed by atoms with Crippen LogP contribution in [0.4, 0.5) is 0 Å². The van der Waals surface area contributed by atoms with Crippen molar-refractivity contribution in [1.82, 2.24) is 5.43 Å². The molecule has 0 unspecified atom stereocenters. The number of rotatable bonds is 5. The molecule has 0 spiro atoms. The number of ether oxygens (including phenoxy) is 1. The van der Waals surface area contributed by atoms with Gasteiger partial charge in [-0.25, -0.2) is 10.2 Å². The van der Waals surface area contributed by atoms with Crippen LogP contribution in [0.2, 0.25) is 10.0 Å². The number of nitrogens with one attached hydrogen (secondary N) is 1. The molecule has 0 atom stereocenters. The lowest BCUT2D eigenvalue weighted by Gasteiger charge is -2.11. The molecule has 0 heterocycles. The third-order valence-corrected chi connectivity index (χ3v) is 5.58. The maximum Gasteiger partial charge on any atom is 0.345 e. The highest BCUT2D eigenvalue weighted by atomic mass is 35.5. The summed E-state index contributed by atoms with van der Waals surface area (Å²) < 4.78 is 5.65. The van der Waals surface area contributed by atoms with Gasteiger partial charge in [0.1, 0.15) is 5.75 Å². The highest BCUT2D eigenvalue weighted by Gasteiger charge is 2.16. The van der Waals surface area contributed by atoms with Gasteiger partial charge >= 0.3 is 5.97 Å². The topological polar surface area (TPSA) is 67.8 Å². The minimum atomic E-state index is -0.634. The first kappa shape index (κ1) is 22.5. The molecule has 0 bridgehead atoms. The van der Waals surface area contributed by atoms with Gasteiger partial charge in [-0.15, -0.1) is 0 Å². The van der Waals surface area contributed by atoms with E-state index in [1.807, 2.05) is 49.4 Å². The Labute approximate surface area is 200 Å². The quantitative estimate of drug-likeness (QED) is 0.156. The van der Waals surface area contributed by atoms with E-state index in [2.05, 4.69) is 10.5 Å². The van der Waals surface area contributed by atoms with Crippen LogP contribution in [0.15, 0.2) is 84.0 Å². The number of halogens is 2. The lowest BCUT2D eigenvalue weighted by Crippen LogP contribution is -2.18. The Morgan fingerprint density at radius 2 is 1.67 bits per heavy atom. The second-order valence-electron chi connectivity index (χ2n) is 7.23. The molecule has 0 aliphatic heterocycles. The molecular weight excluding hydrogens is 459 g/mol. The number of carbonyl (C=O) groups excluding carboxylic acids is 2. The molecule has 0 aliphatic rings. The zero-order valence-electron chi connectivity index (χ0n) is 17.5. The van der Waals surface area contributed by atoms with Gasteiger partial charge < -0.3 is 4.74 Å². The molecule has 4 aromatic carbocycles. The highest BCUT2D eigenvalue weighted by molar-refractivity contribution is 6.36. The normalized spacial score (nSPS) is 11.0. The zero-order chi connectivity index (χ0) is 23.4. The van der Waals surface area contributed by atoms with Crippen LogP contribution in [-0.4, -0.2) is 18.1 Å². The summed E-state index contributed by atoms with van der Waals surface area (Å²) in [7, 11) is 0. The van der Waals surface area contributed by atoms with E-state index in [1.165, 1.54) is 18.3 Å². The van der Waals surface area contributed by atoms with Crippen molar-refractivity contribution in [3.63, 3.8) is 0 Å². The van der Waals surface area contributed by atoms with E-state index in [9.17, 15) is 9.59 Å².